The Labute approximate surface area is 163 Å². The van der Waals surface area contributed by atoms with Crippen molar-refractivity contribution in [1.29, 1.82) is 0 Å². The molecular formula is C17H20Cl2N4O2S. The molecule has 0 aliphatic carbocycles. The molecule has 0 saturated heterocycles. The van der Waals surface area contributed by atoms with Crippen LogP contribution >= 0.6 is 23.2 Å². The third kappa shape index (κ3) is 5.35. The number of halogens is 2. The van der Waals surface area contributed by atoms with E-state index in [9.17, 15) is 8.42 Å². The summed E-state index contributed by atoms with van der Waals surface area (Å²) < 4.78 is 26.0. The lowest BCUT2D eigenvalue weighted by atomic mass is 10.1. The number of nitrogens with zero attached hydrogens (tertiary/aromatic N) is 1. The zero-order chi connectivity index (χ0) is 19.3. The maximum absolute atomic E-state index is 11.8. The molecule has 9 heteroatoms. The van der Waals surface area contributed by atoms with Crippen molar-refractivity contribution in [2.75, 3.05) is 7.05 Å². The molecular weight excluding hydrogens is 395 g/mol. The predicted octanol–water partition coefficient (Wildman–Crippen LogP) is 3.07. The molecule has 26 heavy (non-hydrogen) atoms. The second-order valence-electron chi connectivity index (χ2n) is 5.59. The molecule has 6 nitrogen and oxygen atoms in total. The predicted molar refractivity (Wildman–Crippen MR) is 106 cm³/mol. The van der Waals surface area contributed by atoms with Gasteiger partial charge in [0.05, 0.1) is 17.5 Å². The number of benzene rings is 2. The van der Waals surface area contributed by atoms with E-state index < -0.39 is 10.0 Å². The van der Waals surface area contributed by atoms with Gasteiger partial charge in [-0.2, -0.15) is 0 Å². The molecule has 0 heterocycles. The average Bonchev–Trinajstić information content (AvgIpc) is 2.60. The number of aliphatic imine (C=N–C) groups is 1. The minimum absolute atomic E-state index is 0.167. The molecule has 1 unspecified atom stereocenters. The van der Waals surface area contributed by atoms with Gasteiger partial charge in [-0.15, -0.1) is 0 Å². The van der Waals surface area contributed by atoms with Gasteiger partial charge in [0, 0.05) is 10.0 Å². The van der Waals surface area contributed by atoms with Gasteiger partial charge in [-0.05, 0) is 49.4 Å². The fraction of sp³-hybridized carbons (Fsp3) is 0.235. The fourth-order valence-electron chi connectivity index (χ4n) is 2.30. The highest BCUT2D eigenvalue weighted by atomic mass is 35.5. The van der Waals surface area contributed by atoms with Gasteiger partial charge in [-0.3, -0.25) is 0 Å². The van der Waals surface area contributed by atoms with Gasteiger partial charge in [0.2, 0.25) is 10.0 Å². The first-order chi connectivity index (χ1) is 12.2. The molecule has 2 aromatic rings. The quantitative estimate of drug-likeness (QED) is 0.499. The zero-order valence-corrected chi connectivity index (χ0v) is 16.7. The number of nitrogens with two attached hydrogens (primary N) is 1. The van der Waals surface area contributed by atoms with E-state index in [4.69, 9.17) is 28.9 Å². The van der Waals surface area contributed by atoms with Crippen LogP contribution in [0.2, 0.25) is 10.0 Å². The Morgan fingerprint density at radius 3 is 2.62 bits per heavy atom. The van der Waals surface area contributed by atoms with Crippen LogP contribution in [0.3, 0.4) is 0 Å². The van der Waals surface area contributed by atoms with E-state index in [-0.39, 0.29) is 23.4 Å². The number of hydrogen-bond donors (Lipinski definition) is 3. The lowest BCUT2D eigenvalue weighted by molar-refractivity contribution is 0.588. The summed E-state index contributed by atoms with van der Waals surface area (Å²) in [6.45, 7) is 2.14. The minimum Gasteiger partial charge on any atom is -0.370 e. The highest BCUT2D eigenvalue weighted by Gasteiger charge is 2.12. The average molecular weight is 415 g/mol. The standard InChI is InChI=1S/C17H20Cl2N4O2S/c1-11(15-7-6-13(18)9-16(15)19)23-17(20)22-10-12-4-3-5-14(8-12)26(24,25)21-2/h3-9,11,21H,10H2,1-2H3,(H3,20,22,23). The van der Waals surface area contributed by atoms with Crippen LogP contribution in [0.1, 0.15) is 24.1 Å². The van der Waals surface area contributed by atoms with E-state index >= 15 is 0 Å². The van der Waals surface area contributed by atoms with Gasteiger partial charge < -0.3 is 11.1 Å². The van der Waals surface area contributed by atoms with Crippen molar-refractivity contribution < 1.29 is 8.42 Å². The molecule has 2 aromatic carbocycles. The Morgan fingerprint density at radius 1 is 1.23 bits per heavy atom. The monoisotopic (exact) mass is 414 g/mol. The Morgan fingerprint density at radius 2 is 1.96 bits per heavy atom. The molecule has 0 aromatic heterocycles. The van der Waals surface area contributed by atoms with Gasteiger partial charge in [0.1, 0.15) is 0 Å². The third-order valence-corrected chi connectivity index (χ3v) is 5.68. The highest BCUT2D eigenvalue weighted by Crippen LogP contribution is 2.25. The lowest BCUT2D eigenvalue weighted by Crippen LogP contribution is -2.34. The van der Waals surface area contributed by atoms with Crippen molar-refractivity contribution in [2.45, 2.75) is 24.4 Å². The van der Waals surface area contributed by atoms with E-state index in [1.807, 2.05) is 13.0 Å². The van der Waals surface area contributed by atoms with Crippen LogP contribution < -0.4 is 15.8 Å². The number of guanidine groups is 1. The summed E-state index contributed by atoms with van der Waals surface area (Å²) in [6.07, 6.45) is 0. The summed E-state index contributed by atoms with van der Waals surface area (Å²) in [5.41, 5.74) is 7.50. The van der Waals surface area contributed by atoms with Crippen LogP contribution in [0, 0.1) is 0 Å². The third-order valence-electron chi connectivity index (χ3n) is 3.70. The van der Waals surface area contributed by atoms with Crippen molar-refractivity contribution in [3.63, 3.8) is 0 Å². The first-order valence-electron chi connectivity index (χ1n) is 7.77. The number of hydrogen-bond acceptors (Lipinski definition) is 3. The van der Waals surface area contributed by atoms with Crippen molar-refractivity contribution in [1.82, 2.24) is 10.0 Å². The summed E-state index contributed by atoms with van der Waals surface area (Å²) in [5.74, 6) is 0.227. The van der Waals surface area contributed by atoms with Crippen molar-refractivity contribution >= 4 is 39.2 Å². The first kappa shape index (κ1) is 20.5. The number of rotatable bonds is 6. The summed E-state index contributed by atoms with van der Waals surface area (Å²) >= 11 is 12.1. The Bertz CT molecular complexity index is 917. The summed E-state index contributed by atoms with van der Waals surface area (Å²) in [7, 11) is -2.13. The van der Waals surface area contributed by atoms with E-state index in [0.717, 1.165) is 11.1 Å². The molecule has 0 radical (unpaired) electrons. The van der Waals surface area contributed by atoms with Crippen LogP contribution in [0.25, 0.3) is 0 Å². The van der Waals surface area contributed by atoms with Crippen LogP contribution in [0.4, 0.5) is 0 Å². The van der Waals surface area contributed by atoms with E-state index in [2.05, 4.69) is 15.0 Å². The molecule has 140 valence electrons. The van der Waals surface area contributed by atoms with Gasteiger partial charge in [0.25, 0.3) is 0 Å². The Kier molecular flexibility index (Phi) is 6.88. The second-order valence-corrected chi connectivity index (χ2v) is 8.32. The first-order valence-corrected chi connectivity index (χ1v) is 10.0. The van der Waals surface area contributed by atoms with Crippen molar-refractivity contribution in [2.24, 2.45) is 10.7 Å². The Hall–Kier alpha value is -1.80. The van der Waals surface area contributed by atoms with Gasteiger partial charge in [-0.25, -0.2) is 18.1 Å². The van der Waals surface area contributed by atoms with Crippen molar-refractivity contribution in [3.05, 3.63) is 63.6 Å². The van der Waals surface area contributed by atoms with Crippen molar-refractivity contribution in [3.8, 4) is 0 Å². The Balaban J connectivity index is 2.07. The smallest absolute Gasteiger partial charge is 0.240 e. The van der Waals surface area contributed by atoms with Crippen LogP contribution in [0.15, 0.2) is 52.4 Å². The zero-order valence-electron chi connectivity index (χ0n) is 14.3. The van der Waals surface area contributed by atoms with E-state index in [1.165, 1.54) is 13.1 Å². The number of sulfonamides is 1. The van der Waals surface area contributed by atoms with Gasteiger partial charge in [0.15, 0.2) is 5.96 Å². The van der Waals surface area contributed by atoms with Gasteiger partial charge >= 0.3 is 0 Å². The number of nitrogens with one attached hydrogen (secondary N) is 2. The molecule has 0 spiro atoms. The lowest BCUT2D eigenvalue weighted by Gasteiger charge is -2.16. The summed E-state index contributed by atoms with van der Waals surface area (Å²) in [4.78, 5) is 4.44. The molecule has 0 fully saturated rings. The molecule has 0 bridgehead atoms. The molecule has 0 aliphatic heterocycles. The summed E-state index contributed by atoms with van der Waals surface area (Å²) in [5, 5.41) is 4.15. The van der Waals surface area contributed by atoms with Crippen LogP contribution in [-0.4, -0.2) is 21.4 Å². The fourth-order valence-corrected chi connectivity index (χ4v) is 3.68. The second kappa shape index (κ2) is 8.73. The largest absolute Gasteiger partial charge is 0.370 e. The van der Waals surface area contributed by atoms with Gasteiger partial charge in [-0.1, -0.05) is 41.4 Å². The SMILES string of the molecule is CNS(=O)(=O)c1cccc(CN=C(N)NC(C)c2ccc(Cl)cc2Cl)c1. The van der Waals surface area contributed by atoms with Crippen LogP contribution in [-0.2, 0) is 16.6 Å². The molecule has 0 aliphatic rings. The molecule has 0 amide bonds. The maximum atomic E-state index is 11.8. The summed E-state index contributed by atoms with van der Waals surface area (Å²) in [6, 6.07) is 11.6. The topological polar surface area (TPSA) is 96.6 Å². The molecule has 2 rings (SSSR count). The van der Waals surface area contributed by atoms with E-state index in [1.54, 1.807) is 30.3 Å². The van der Waals surface area contributed by atoms with Crippen LogP contribution in [0.5, 0.6) is 0 Å². The van der Waals surface area contributed by atoms with E-state index in [0.29, 0.717) is 10.0 Å². The normalized spacial score (nSPS) is 13.5. The minimum atomic E-state index is -3.49. The maximum Gasteiger partial charge on any atom is 0.240 e. The molecule has 0 saturated carbocycles. The molecule has 4 N–H and O–H groups in total. The highest BCUT2D eigenvalue weighted by molar-refractivity contribution is 7.89. The molecule has 1 atom stereocenters.